The zero-order valence-corrected chi connectivity index (χ0v) is 17.4. The molecule has 0 aliphatic rings. The van der Waals surface area contributed by atoms with E-state index in [2.05, 4.69) is 26.7 Å². The van der Waals surface area contributed by atoms with Crippen LogP contribution in [0.15, 0.2) is 53.4 Å². The molecule has 0 fully saturated rings. The summed E-state index contributed by atoms with van der Waals surface area (Å²) < 4.78 is 0.834. The molecule has 2 N–H and O–H groups in total. The molecule has 4 aromatic rings. The minimum Gasteiger partial charge on any atom is -0.326 e. The van der Waals surface area contributed by atoms with E-state index >= 15 is 0 Å². The summed E-state index contributed by atoms with van der Waals surface area (Å²) in [5.74, 6) is -0.897. The maximum absolute atomic E-state index is 12.7. The van der Waals surface area contributed by atoms with Gasteiger partial charge in [-0.25, -0.2) is 9.97 Å². The van der Waals surface area contributed by atoms with Crippen LogP contribution in [-0.4, -0.2) is 21.8 Å². The minimum absolute atomic E-state index is 0.175. The SMILES string of the molecule is CC(C(=O)Nc1ccc2nc(NC(=O)c3cscn3)sc2c1)c1cccc(C#N)c1. The van der Waals surface area contributed by atoms with E-state index in [9.17, 15) is 9.59 Å². The number of aromatic nitrogens is 2. The number of nitriles is 1. The van der Waals surface area contributed by atoms with Crippen LogP contribution in [0, 0.1) is 11.3 Å². The topological polar surface area (TPSA) is 108 Å². The Bertz CT molecular complexity index is 1270. The van der Waals surface area contributed by atoms with Gasteiger partial charge in [0.2, 0.25) is 5.91 Å². The van der Waals surface area contributed by atoms with Gasteiger partial charge in [-0.3, -0.25) is 14.9 Å². The van der Waals surface area contributed by atoms with Gasteiger partial charge < -0.3 is 5.32 Å². The third-order valence-corrected chi connectivity index (χ3v) is 5.97. The Hall–Kier alpha value is -3.61. The Morgan fingerprint density at radius 2 is 2.03 bits per heavy atom. The Morgan fingerprint density at radius 3 is 2.80 bits per heavy atom. The molecule has 148 valence electrons. The van der Waals surface area contributed by atoms with Crippen molar-refractivity contribution in [3.63, 3.8) is 0 Å². The molecule has 1 unspecified atom stereocenters. The monoisotopic (exact) mass is 433 g/mol. The maximum Gasteiger partial charge on any atom is 0.276 e. The first kappa shape index (κ1) is 19.7. The number of thiazole rings is 2. The lowest BCUT2D eigenvalue weighted by Gasteiger charge is -2.13. The molecule has 0 radical (unpaired) electrons. The lowest BCUT2D eigenvalue weighted by molar-refractivity contribution is -0.117. The second-order valence-corrected chi connectivity index (χ2v) is 8.23. The number of carbonyl (C=O) groups excluding carboxylic acids is 2. The van der Waals surface area contributed by atoms with Crippen LogP contribution in [0.5, 0.6) is 0 Å². The lowest BCUT2D eigenvalue weighted by Crippen LogP contribution is -2.18. The van der Waals surface area contributed by atoms with Gasteiger partial charge in [-0.2, -0.15) is 5.26 Å². The van der Waals surface area contributed by atoms with E-state index in [1.807, 2.05) is 12.1 Å². The first-order chi connectivity index (χ1) is 14.5. The van der Waals surface area contributed by atoms with Crippen molar-refractivity contribution in [3.8, 4) is 6.07 Å². The summed E-state index contributed by atoms with van der Waals surface area (Å²) in [6.45, 7) is 1.79. The highest BCUT2D eigenvalue weighted by molar-refractivity contribution is 7.22. The molecule has 30 heavy (non-hydrogen) atoms. The van der Waals surface area contributed by atoms with Gasteiger partial charge in [0.05, 0.1) is 33.3 Å². The van der Waals surface area contributed by atoms with Crippen LogP contribution < -0.4 is 10.6 Å². The van der Waals surface area contributed by atoms with Gasteiger partial charge in [0, 0.05) is 11.1 Å². The van der Waals surface area contributed by atoms with E-state index in [1.165, 1.54) is 22.7 Å². The average Bonchev–Trinajstić information content (AvgIpc) is 3.42. The van der Waals surface area contributed by atoms with Gasteiger partial charge in [-0.15, -0.1) is 11.3 Å². The summed E-state index contributed by atoms with van der Waals surface area (Å²) in [5.41, 5.74) is 4.60. The number of fused-ring (bicyclic) bond motifs is 1. The van der Waals surface area contributed by atoms with E-state index < -0.39 is 5.92 Å². The van der Waals surface area contributed by atoms with Crippen molar-refractivity contribution in [2.75, 3.05) is 10.6 Å². The van der Waals surface area contributed by atoms with Crippen molar-refractivity contribution in [1.82, 2.24) is 9.97 Å². The molecule has 9 heteroatoms. The minimum atomic E-state index is -0.414. The number of carbonyl (C=O) groups is 2. The summed E-state index contributed by atoms with van der Waals surface area (Å²) in [4.78, 5) is 33.2. The molecule has 0 saturated carbocycles. The summed E-state index contributed by atoms with van der Waals surface area (Å²) in [5, 5.41) is 16.8. The molecule has 0 saturated heterocycles. The number of amides is 2. The van der Waals surface area contributed by atoms with Gasteiger partial charge in [0.15, 0.2) is 5.13 Å². The molecule has 2 aromatic heterocycles. The highest BCUT2D eigenvalue weighted by Gasteiger charge is 2.17. The van der Waals surface area contributed by atoms with E-state index in [-0.39, 0.29) is 11.8 Å². The van der Waals surface area contributed by atoms with Crippen molar-refractivity contribution >= 4 is 55.5 Å². The molecular weight excluding hydrogens is 418 g/mol. The summed E-state index contributed by atoms with van der Waals surface area (Å²) >= 11 is 2.67. The number of benzene rings is 2. The zero-order chi connectivity index (χ0) is 21.1. The molecule has 2 aromatic carbocycles. The Morgan fingerprint density at radius 1 is 1.17 bits per heavy atom. The molecule has 1 atom stereocenters. The molecule has 2 heterocycles. The molecule has 0 bridgehead atoms. The van der Waals surface area contributed by atoms with Crippen LogP contribution >= 0.6 is 22.7 Å². The van der Waals surface area contributed by atoms with Crippen molar-refractivity contribution in [2.24, 2.45) is 0 Å². The largest absolute Gasteiger partial charge is 0.326 e. The summed E-state index contributed by atoms with van der Waals surface area (Å²) in [6.07, 6.45) is 0. The highest BCUT2D eigenvalue weighted by atomic mass is 32.1. The van der Waals surface area contributed by atoms with Gasteiger partial charge in [-0.1, -0.05) is 23.5 Å². The fourth-order valence-corrected chi connectivity index (χ4v) is 4.25. The van der Waals surface area contributed by atoms with Crippen LogP contribution in [0.25, 0.3) is 10.2 Å². The molecule has 2 amide bonds. The maximum atomic E-state index is 12.7. The number of hydrogen-bond donors (Lipinski definition) is 2. The van der Waals surface area contributed by atoms with E-state index in [0.717, 1.165) is 15.8 Å². The molecule has 7 nitrogen and oxygen atoms in total. The average molecular weight is 434 g/mol. The first-order valence-corrected chi connectivity index (χ1v) is 10.7. The Kier molecular flexibility index (Phi) is 5.52. The molecule has 4 rings (SSSR count). The van der Waals surface area contributed by atoms with Crippen molar-refractivity contribution < 1.29 is 9.59 Å². The van der Waals surface area contributed by atoms with Crippen LogP contribution in [-0.2, 0) is 4.79 Å². The predicted molar refractivity (Wildman–Crippen MR) is 118 cm³/mol. The van der Waals surface area contributed by atoms with Crippen LogP contribution in [0.2, 0.25) is 0 Å². The third kappa shape index (κ3) is 4.20. The van der Waals surface area contributed by atoms with Crippen LogP contribution in [0.1, 0.15) is 34.5 Å². The second kappa shape index (κ2) is 8.41. The van der Waals surface area contributed by atoms with Gasteiger partial charge in [0.1, 0.15) is 5.69 Å². The molecule has 0 aliphatic carbocycles. The lowest BCUT2D eigenvalue weighted by atomic mass is 9.98. The standard InChI is InChI=1S/C21H15N5O2S2/c1-12(14-4-2-3-13(7-14)9-22)19(27)24-15-5-6-16-18(8-15)30-21(25-16)26-20(28)17-10-29-11-23-17/h2-8,10-12H,1H3,(H,24,27)(H,25,26,28). The number of nitrogens with zero attached hydrogens (tertiary/aromatic N) is 3. The number of hydrogen-bond acceptors (Lipinski definition) is 7. The predicted octanol–water partition coefficient (Wildman–Crippen LogP) is 4.62. The number of nitrogens with one attached hydrogen (secondary N) is 2. The highest BCUT2D eigenvalue weighted by Crippen LogP contribution is 2.29. The smallest absolute Gasteiger partial charge is 0.276 e. The van der Waals surface area contributed by atoms with E-state index in [0.29, 0.717) is 22.1 Å². The Balaban J connectivity index is 1.48. The first-order valence-electron chi connectivity index (χ1n) is 8.94. The van der Waals surface area contributed by atoms with Crippen LogP contribution in [0.3, 0.4) is 0 Å². The van der Waals surface area contributed by atoms with E-state index in [1.54, 1.807) is 48.1 Å². The Labute approximate surface area is 180 Å². The van der Waals surface area contributed by atoms with E-state index in [4.69, 9.17) is 5.26 Å². The summed E-state index contributed by atoms with van der Waals surface area (Å²) in [7, 11) is 0. The second-order valence-electron chi connectivity index (χ2n) is 6.48. The fraction of sp³-hybridized carbons (Fsp3) is 0.0952. The molecular formula is C21H15N5O2S2. The van der Waals surface area contributed by atoms with Crippen LogP contribution in [0.4, 0.5) is 10.8 Å². The van der Waals surface area contributed by atoms with Crippen molar-refractivity contribution in [3.05, 3.63) is 70.2 Å². The van der Waals surface area contributed by atoms with Gasteiger partial charge in [0.25, 0.3) is 5.91 Å². The molecule has 0 aliphatic heterocycles. The molecule has 0 spiro atoms. The van der Waals surface area contributed by atoms with Crippen molar-refractivity contribution in [2.45, 2.75) is 12.8 Å². The third-order valence-electron chi connectivity index (χ3n) is 4.45. The van der Waals surface area contributed by atoms with Gasteiger partial charge in [-0.05, 0) is 42.8 Å². The zero-order valence-electron chi connectivity index (χ0n) is 15.7. The van der Waals surface area contributed by atoms with Gasteiger partial charge >= 0.3 is 0 Å². The summed E-state index contributed by atoms with van der Waals surface area (Å²) in [6, 6.07) is 14.5. The number of rotatable bonds is 5. The number of anilines is 2. The normalized spacial score (nSPS) is 11.6. The van der Waals surface area contributed by atoms with Crippen molar-refractivity contribution in [1.29, 1.82) is 5.26 Å². The quantitative estimate of drug-likeness (QED) is 0.477. The fourth-order valence-electron chi connectivity index (χ4n) is 2.82.